The van der Waals surface area contributed by atoms with E-state index < -0.39 is 6.10 Å². The average molecular weight is 284 g/mol. The molecule has 2 amide bonds. The highest BCUT2D eigenvalue weighted by molar-refractivity contribution is 5.88. The zero-order valence-electron chi connectivity index (χ0n) is 12.1. The van der Waals surface area contributed by atoms with Crippen molar-refractivity contribution in [2.75, 3.05) is 32.8 Å². The molecule has 114 valence electrons. The summed E-state index contributed by atoms with van der Waals surface area (Å²) in [4.78, 5) is 28.1. The highest BCUT2D eigenvalue weighted by Gasteiger charge is 2.36. The molecule has 0 aliphatic carbocycles. The summed E-state index contributed by atoms with van der Waals surface area (Å²) in [6.45, 7) is 4.71. The third kappa shape index (κ3) is 3.70. The average Bonchev–Trinajstić information content (AvgIpc) is 2.94. The lowest BCUT2D eigenvalue weighted by molar-refractivity contribution is -0.146. The summed E-state index contributed by atoms with van der Waals surface area (Å²) in [6, 6.07) is -0.311. The van der Waals surface area contributed by atoms with E-state index in [1.54, 1.807) is 16.7 Å². The fraction of sp³-hybridized carbons (Fsp3) is 0.857. The van der Waals surface area contributed by atoms with Crippen molar-refractivity contribution in [3.63, 3.8) is 0 Å². The van der Waals surface area contributed by atoms with Crippen LogP contribution in [0.4, 0.5) is 0 Å². The van der Waals surface area contributed by atoms with Gasteiger partial charge < -0.3 is 19.6 Å². The zero-order valence-corrected chi connectivity index (χ0v) is 12.1. The van der Waals surface area contributed by atoms with Gasteiger partial charge in [0.1, 0.15) is 6.04 Å². The molecule has 0 aromatic heterocycles. The minimum Gasteiger partial charge on any atom is -0.393 e. The van der Waals surface area contributed by atoms with Crippen molar-refractivity contribution in [1.82, 2.24) is 9.80 Å². The number of carbonyl (C=O) groups excluding carboxylic acids is 2. The minimum absolute atomic E-state index is 0.0185. The molecule has 0 aromatic carbocycles. The zero-order chi connectivity index (χ0) is 14.5. The Bertz CT molecular complexity index is 353. The summed E-state index contributed by atoms with van der Waals surface area (Å²) < 4.78 is 5.25. The Balaban J connectivity index is 1.92. The molecule has 0 radical (unpaired) electrons. The number of nitrogens with zero attached hydrogens (tertiary/aromatic N) is 2. The normalized spacial score (nSPS) is 24.8. The second kappa shape index (κ2) is 7.04. The number of likely N-dealkylation sites (tertiary alicyclic amines) is 1. The van der Waals surface area contributed by atoms with Crippen molar-refractivity contribution < 1.29 is 19.4 Å². The van der Waals surface area contributed by atoms with Crippen LogP contribution in [0.15, 0.2) is 0 Å². The van der Waals surface area contributed by atoms with Crippen molar-refractivity contribution in [3.8, 4) is 0 Å². The molecule has 0 spiro atoms. The summed E-state index contributed by atoms with van der Waals surface area (Å²) in [6.07, 6.45) is 1.91. The Labute approximate surface area is 119 Å². The number of morpholine rings is 1. The van der Waals surface area contributed by atoms with Gasteiger partial charge in [0.25, 0.3) is 0 Å². The second-order valence-electron chi connectivity index (χ2n) is 5.57. The second-order valence-corrected chi connectivity index (χ2v) is 5.57. The Hall–Kier alpha value is -1.14. The standard InChI is InChI=1S/C14H24N2O4/c1-11(17)4-5-13(18)16-6-2-3-12(16)14(19)15-7-9-20-10-8-15/h11-12,17H,2-10H2,1H3. The molecule has 0 saturated carbocycles. The molecule has 2 atom stereocenters. The molecule has 0 bridgehead atoms. The third-order valence-electron chi connectivity index (χ3n) is 3.96. The van der Waals surface area contributed by atoms with Crippen LogP contribution in [0.25, 0.3) is 0 Å². The largest absolute Gasteiger partial charge is 0.393 e. The van der Waals surface area contributed by atoms with Crippen molar-refractivity contribution in [1.29, 1.82) is 0 Å². The van der Waals surface area contributed by atoms with Crippen LogP contribution in [0.2, 0.25) is 0 Å². The third-order valence-corrected chi connectivity index (χ3v) is 3.96. The number of rotatable bonds is 4. The summed E-state index contributed by atoms with van der Waals surface area (Å²) in [5.41, 5.74) is 0. The number of amides is 2. The van der Waals surface area contributed by atoms with E-state index >= 15 is 0 Å². The fourth-order valence-corrected chi connectivity index (χ4v) is 2.79. The SMILES string of the molecule is CC(O)CCC(=O)N1CCCC1C(=O)N1CCOCC1. The molecular formula is C14H24N2O4. The Morgan fingerprint density at radius 1 is 1.30 bits per heavy atom. The van der Waals surface area contributed by atoms with E-state index in [0.717, 1.165) is 12.8 Å². The van der Waals surface area contributed by atoms with E-state index in [2.05, 4.69) is 0 Å². The van der Waals surface area contributed by atoms with Crippen LogP contribution in [0, 0.1) is 0 Å². The van der Waals surface area contributed by atoms with Gasteiger partial charge in [-0.2, -0.15) is 0 Å². The van der Waals surface area contributed by atoms with Crippen LogP contribution >= 0.6 is 0 Å². The molecule has 6 heteroatoms. The fourth-order valence-electron chi connectivity index (χ4n) is 2.79. The van der Waals surface area contributed by atoms with Gasteiger partial charge in [-0.25, -0.2) is 0 Å². The Kier molecular flexibility index (Phi) is 5.37. The van der Waals surface area contributed by atoms with Gasteiger partial charge in [0.05, 0.1) is 19.3 Å². The molecule has 2 aliphatic rings. The topological polar surface area (TPSA) is 70.1 Å². The minimum atomic E-state index is -0.477. The molecule has 2 unspecified atom stereocenters. The van der Waals surface area contributed by atoms with Gasteiger partial charge in [-0.15, -0.1) is 0 Å². The number of carbonyl (C=O) groups is 2. The highest BCUT2D eigenvalue weighted by atomic mass is 16.5. The van der Waals surface area contributed by atoms with Crippen molar-refractivity contribution in [2.24, 2.45) is 0 Å². The highest BCUT2D eigenvalue weighted by Crippen LogP contribution is 2.21. The van der Waals surface area contributed by atoms with Crippen molar-refractivity contribution in [2.45, 2.75) is 44.8 Å². The van der Waals surface area contributed by atoms with Gasteiger partial charge >= 0.3 is 0 Å². The molecular weight excluding hydrogens is 260 g/mol. The van der Waals surface area contributed by atoms with E-state index in [0.29, 0.717) is 45.7 Å². The maximum absolute atomic E-state index is 12.5. The maximum atomic E-state index is 12.5. The first-order chi connectivity index (χ1) is 9.59. The Morgan fingerprint density at radius 3 is 2.65 bits per heavy atom. The van der Waals surface area contributed by atoms with Crippen LogP contribution in [0.5, 0.6) is 0 Å². The van der Waals surface area contributed by atoms with E-state index in [1.807, 2.05) is 0 Å². The smallest absolute Gasteiger partial charge is 0.245 e. The van der Waals surface area contributed by atoms with E-state index in [1.165, 1.54) is 0 Å². The van der Waals surface area contributed by atoms with E-state index in [4.69, 9.17) is 4.74 Å². The van der Waals surface area contributed by atoms with Gasteiger partial charge in [0.15, 0.2) is 0 Å². The maximum Gasteiger partial charge on any atom is 0.245 e. The molecule has 1 N–H and O–H groups in total. The predicted octanol–water partition coefficient (Wildman–Crippen LogP) is -0.00280. The molecule has 2 aliphatic heterocycles. The first-order valence-corrected chi connectivity index (χ1v) is 7.43. The summed E-state index contributed by atoms with van der Waals surface area (Å²) in [5, 5.41) is 9.26. The number of hydrogen-bond donors (Lipinski definition) is 1. The van der Waals surface area contributed by atoms with Gasteiger partial charge in [0, 0.05) is 26.1 Å². The molecule has 6 nitrogen and oxygen atoms in total. The van der Waals surface area contributed by atoms with Crippen molar-refractivity contribution in [3.05, 3.63) is 0 Å². The van der Waals surface area contributed by atoms with Crippen LogP contribution in [-0.4, -0.2) is 71.7 Å². The number of ether oxygens (including phenoxy) is 1. The molecule has 2 fully saturated rings. The number of aliphatic hydroxyl groups excluding tert-OH is 1. The molecule has 2 heterocycles. The monoisotopic (exact) mass is 284 g/mol. The van der Waals surface area contributed by atoms with Crippen LogP contribution in [0.3, 0.4) is 0 Å². The first-order valence-electron chi connectivity index (χ1n) is 7.43. The van der Waals surface area contributed by atoms with Gasteiger partial charge in [-0.1, -0.05) is 0 Å². The van der Waals surface area contributed by atoms with Gasteiger partial charge in [-0.3, -0.25) is 9.59 Å². The lowest BCUT2D eigenvalue weighted by Gasteiger charge is -2.32. The lowest BCUT2D eigenvalue weighted by Crippen LogP contribution is -2.51. The van der Waals surface area contributed by atoms with Crippen LogP contribution < -0.4 is 0 Å². The molecule has 2 saturated heterocycles. The molecule has 0 aromatic rings. The molecule has 20 heavy (non-hydrogen) atoms. The lowest BCUT2D eigenvalue weighted by atomic mass is 10.1. The Morgan fingerprint density at radius 2 is 2.00 bits per heavy atom. The predicted molar refractivity (Wildman–Crippen MR) is 73.0 cm³/mol. The van der Waals surface area contributed by atoms with E-state index in [-0.39, 0.29) is 17.9 Å². The first kappa shape index (κ1) is 15.3. The van der Waals surface area contributed by atoms with E-state index in [9.17, 15) is 14.7 Å². The van der Waals surface area contributed by atoms with Gasteiger partial charge in [0.2, 0.25) is 11.8 Å². The number of aliphatic hydroxyl groups is 1. The summed E-state index contributed by atoms with van der Waals surface area (Å²) in [5.74, 6) is 0.0335. The van der Waals surface area contributed by atoms with Crippen LogP contribution in [0.1, 0.15) is 32.6 Å². The van der Waals surface area contributed by atoms with Crippen molar-refractivity contribution >= 4 is 11.8 Å². The number of hydrogen-bond acceptors (Lipinski definition) is 4. The molecule has 2 rings (SSSR count). The van der Waals surface area contributed by atoms with Gasteiger partial charge in [-0.05, 0) is 26.2 Å². The summed E-state index contributed by atoms with van der Waals surface area (Å²) in [7, 11) is 0. The van der Waals surface area contributed by atoms with Crippen LogP contribution in [-0.2, 0) is 14.3 Å². The summed E-state index contributed by atoms with van der Waals surface area (Å²) >= 11 is 0. The quantitative estimate of drug-likeness (QED) is 0.789.